The first kappa shape index (κ1) is 13.2. The molecule has 92 valence electrons. The summed E-state index contributed by atoms with van der Waals surface area (Å²) < 4.78 is 10.4. The molecule has 0 fully saturated rings. The number of furan rings is 1. The van der Waals surface area contributed by atoms with Crippen molar-refractivity contribution >= 4 is 0 Å². The minimum atomic E-state index is -0.550. The van der Waals surface area contributed by atoms with Crippen LogP contribution in [0.2, 0.25) is 0 Å². The van der Waals surface area contributed by atoms with Crippen LogP contribution in [0.5, 0.6) is 0 Å². The number of aliphatic hydroxyl groups excluding tert-OH is 2. The number of rotatable bonds is 8. The first-order valence-electron chi connectivity index (χ1n) is 5.30. The standard InChI is InChI=1S/C11H19NO4/c1-12(4-5-13)7-10(14)8-15-9-11-3-2-6-16-11/h2-3,6,10,13-14H,4-5,7-9H2,1H3. The van der Waals surface area contributed by atoms with Crippen molar-refractivity contribution in [2.75, 3.05) is 33.4 Å². The first-order chi connectivity index (χ1) is 7.72. The Balaban J connectivity index is 2.08. The topological polar surface area (TPSA) is 66.1 Å². The third kappa shape index (κ3) is 5.27. The molecule has 16 heavy (non-hydrogen) atoms. The molecular formula is C11H19NO4. The molecule has 0 aromatic carbocycles. The van der Waals surface area contributed by atoms with Gasteiger partial charge in [-0.15, -0.1) is 0 Å². The Hall–Kier alpha value is -0.880. The zero-order valence-electron chi connectivity index (χ0n) is 9.50. The zero-order valence-corrected chi connectivity index (χ0v) is 9.50. The van der Waals surface area contributed by atoms with Crippen molar-refractivity contribution in [3.05, 3.63) is 24.2 Å². The van der Waals surface area contributed by atoms with Gasteiger partial charge in [0.1, 0.15) is 12.4 Å². The highest BCUT2D eigenvalue weighted by Gasteiger charge is 2.08. The van der Waals surface area contributed by atoms with Gasteiger partial charge in [-0.05, 0) is 19.2 Å². The molecule has 0 bridgehead atoms. The van der Waals surface area contributed by atoms with Gasteiger partial charge >= 0.3 is 0 Å². The van der Waals surface area contributed by atoms with E-state index in [4.69, 9.17) is 14.3 Å². The van der Waals surface area contributed by atoms with Crippen LogP contribution in [-0.2, 0) is 11.3 Å². The summed E-state index contributed by atoms with van der Waals surface area (Å²) in [6.45, 7) is 1.76. The quantitative estimate of drug-likeness (QED) is 0.661. The van der Waals surface area contributed by atoms with E-state index >= 15 is 0 Å². The molecular weight excluding hydrogens is 210 g/mol. The van der Waals surface area contributed by atoms with Crippen LogP contribution in [0.15, 0.2) is 22.8 Å². The molecule has 5 heteroatoms. The number of nitrogens with zero attached hydrogens (tertiary/aromatic N) is 1. The smallest absolute Gasteiger partial charge is 0.129 e. The summed E-state index contributed by atoms with van der Waals surface area (Å²) in [5.41, 5.74) is 0. The maximum absolute atomic E-state index is 9.60. The lowest BCUT2D eigenvalue weighted by molar-refractivity contribution is 0.00704. The van der Waals surface area contributed by atoms with Crippen molar-refractivity contribution in [1.29, 1.82) is 0 Å². The van der Waals surface area contributed by atoms with Gasteiger partial charge in [0, 0.05) is 13.1 Å². The van der Waals surface area contributed by atoms with Gasteiger partial charge in [0.05, 0.1) is 25.6 Å². The molecule has 0 saturated carbocycles. The van der Waals surface area contributed by atoms with E-state index in [0.29, 0.717) is 19.7 Å². The Kier molecular flexibility index (Phi) is 6.10. The summed E-state index contributed by atoms with van der Waals surface area (Å²) >= 11 is 0. The second kappa shape index (κ2) is 7.40. The molecule has 0 amide bonds. The van der Waals surface area contributed by atoms with Gasteiger partial charge in [0.25, 0.3) is 0 Å². The Bertz CT molecular complexity index is 263. The summed E-state index contributed by atoms with van der Waals surface area (Å²) in [5, 5.41) is 18.3. The van der Waals surface area contributed by atoms with Crippen LogP contribution in [0.25, 0.3) is 0 Å². The number of likely N-dealkylation sites (N-methyl/N-ethyl adjacent to an activating group) is 1. The summed E-state index contributed by atoms with van der Waals surface area (Å²) in [6, 6.07) is 3.62. The van der Waals surface area contributed by atoms with E-state index < -0.39 is 6.10 Å². The van der Waals surface area contributed by atoms with Gasteiger partial charge in [-0.3, -0.25) is 0 Å². The second-order valence-corrected chi connectivity index (χ2v) is 3.73. The van der Waals surface area contributed by atoms with Crippen LogP contribution < -0.4 is 0 Å². The van der Waals surface area contributed by atoms with Crippen LogP contribution in [-0.4, -0.2) is 54.6 Å². The highest BCUT2D eigenvalue weighted by molar-refractivity contribution is 4.96. The highest BCUT2D eigenvalue weighted by Crippen LogP contribution is 2.02. The van der Waals surface area contributed by atoms with Gasteiger partial charge in [0.15, 0.2) is 0 Å². The zero-order chi connectivity index (χ0) is 11.8. The predicted octanol–water partition coefficient (Wildman–Crippen LogP) is 0.0812. The largest absolute Gasteiger partial charge is 0.467 e. The van der Waals surface area contributed by atoms with Crippen molar-refractivity contribution in [2.24, 2.45) is 0 Å². The average Bonchev–Trinajstić information content (AvgIpc) is 2.70. The van der Waals surface area contributed by atoms with E-state index in [0.717, 1.165) is 5.76 Å². The van der Waals surface area contributed by atoms with E-state index in [2.05, 4.69) is 0 Å². The van der Waals surface area contributed by atoms with Gasteiger partial charge in [0.2, 0.25) is 0 Å². The number of hydrogen-bond acceptors (Lipinski definition) is 5. The number of hydrogen-bond donors (Lipinski definition) is 2. The molecule has 1 heterocycles. The number of aliphatic hydroxyl groups is 2. The fraction of sp³-hybridized carbons (Fsp3) is 0.636. The molecule has 0 spiro atoms. The Morgan fingerprint density at radius 3 is 3.00 bits per heavy atom. The van der Waals surface area contributed by atoms with Crippen molar-refractivity contribution in [3.63, 3.8) is 0 Å². The van der Waals surface area contributed by atoms with Crippen molar-refractivity contribution in [1.82, 2.24) is 4.90 Å². The van der Waals surface area contributed by atoms with Crippen molar-refractivity contribution in [2.45, 2.75) is 12.7 Å². The molecule has 0 saturated heterocycles. The SMILES string of the molecule is CN(CCO)CC(O)COCc1ccco1. The fourth-order valence-electron chi connectivity index (χ4n) is 1.36. The molecule has 1 aromatic heterocycles. The van der Waals surface area contributed by atoms with Gasteiger partial charge in [-0.1, -0.05) is 0 Å². The molecule has 5 nitrogen and oxygen atoms in total. The van der Waals surface area contributed by atoms with E-state index in [1.807, 2.05) is 18.0 Å². The first-order valence-corrected chi connectivity index (χ1v) is 5.30. The summed E-state index contributed by atoms with van der Waals surface area (Å²) in [5.74, 6) is 0.746. The van der Waals surface area contributed by atoms with Crippen molar-refractivity contribution in [3.8, 4) is 0 Å². The van der Waals surface area contributed by atoms with Crippen LogP contribution >= 0.6 is 0 Å². The lowest BCUT2D eigenvalue weighted by Gasteiger charge is -2.19. The van der Waals surface area contributed by atoms with Gasteiger partial charge < -0.3 is 24.3 Å². The van der Waals surface area contributed by atoms with E-state index in [1.54, 1.807) is 12.3 Å². The van der Waals surface area contributed by atoms with Crippen LogP contribution in [0.1, 0.15) is 5.76 Å². The average molecular weight is 229 g/mol. The van der Waals surface area contributed by atoms with Gasteiger partial charge in [-0.2, -0.15) is 0 Å². The van der Waals surface area contributed by atoms with Crippen LogP contribution in [0.3, 0.4) is 0 Å². The minimum Gasteiger partial charge on any atom is -0.467 e. The minimum absolute atomic E-state index is 0.0937. The fourth-order valence-corrected chi connectivity index (χ4v) is 1.36. The van der Waals surface area contributed by atoms with Crippen LogP contribution in [0.4, 0.5) is 0 Å². The lowest BCUT2D eigenvalue weighted by atomic mass is 10.3. The lowest BCUT2D eigenvalue weighted by Crippen LogP contribution is -2.33. The molecule has 0 aliphatic carbocycles. The van der Waals surface area contributed by atoms with Crippen LogP contribution in [0, 0.1) is 0 Å². The molecule has 1 atom stereocenters. The maximum Gasteiger partial charge on any atom is 0.129 e. The number of ether oxygens (including phenoxy) is 1. The molecule has 1 unspecified atom stereocenters. The van der Waals surface area contributed by atoms with E-state index in [1.165, 1.54) is 0 Å². The Morgan fingerprint density at radius 2 is 2.38 bits per heavy atom. The third-order valence-electron chi connectivity index (χ3n) is 2.14. The molecule has 1 rings (SSSR count). The molecule has 1 aromatic rings. The van der Waals surface area contributed by atoms with Gasteiger partial charge in [-0.25, -0.2) is 0 Å². The molecule has 0 aliphatic rings. The molecule has 2 N–H and O–H groups in total. The summed E-state index contributed by atoms with van der Waals surface area (Å²) in [4.78, 5) is 1.85. The Morgan fingerprint density at radius 1 is 1.56 bits per heavy atom. The predicted molar refractivity (Wildman–Crippen MR) is 59.0 cm³/mol. The molecule has 0 radical (unpaired) electrons. The monoisotopic (exact) mass is 229 g/mol. The Labute approximate surface area is 95.2 Å². The maximum atomic E-state index is 9.60. The second-order valence-electron chi connectivity index (χ2n) is 3.73. The van der Waals surface area contributed by atoms with E-state index in [-0.39, 0.29) is 13.2 Å². The normalized spacial score (nSPS) is 13.2. The summed E-state index contributed by atoms with van der Waals surface area (Å²) in [6.07, 6.45) is 1.04. The van der Waals surface area contributed by atoms with E-state index in [9.17, 15) is 5.11 Å². The third-order valence-corrected chi connectivity index (χ3v) is 2.14. The molecule has 0 aliphatic heterocycles. The van der Waals surface area contributed by atoms with Crippen molar-refractivity contribution < 1.29 is 19.4 Å². The summed E-state index contributed by atoms with van der Waals surface area (Å²) in [7, 11) is 1.84. The highest BCUT2D eigenvalue weighted by atomic mass is 16.5.